The second-order valence-electron chi connectivity index (χ2n) is 14.3. The zero-order valence-electron chi connectivity index (χ0n) is 31.0. The van der Waals surface area contributed by atoms with Crippen LogP contribution in [-0.4, -0.2) is 9.13 Å². The van der Waals surface area contributed by atoms with E-state index in [1.807, 2.05) is 0 Å². The predicted molar refractivity (Wildman–Crippen MR) is 195 cm³/mol. The summed E-state index contributed by atoms with van der Waals surface area (Å²) in [6, 6.07) is 10.3. The van der Waals surface area contributed by atoms with Gasteiger partial charge < -0.3 is 9.13 Å². The van der Waals surface area contributed by atoms with Crippen molar-refractivity contribution < 1.29 is 79.0 Å². The van der Waals surface area contributed by atoms with Gasteiger partial charge >= 0.3 is 37.1 Å². The van der Waals surface area contributed by atoms with Crippen molar-refractivity contribution in [1.29, 1.82) is 5.26 Å². The van der Waals surface area contributed by atoms with Gasteiger partial charge in [0, 0.05) is 32.7 Å². The van der Waals surface area contributed by atoms with Crippen LogP contribution >= 0.6 is 0 Å². The maximum absolute atomic E-state index is 14.8. The summed E-state index contributed by atoms with van der Waals surface area (Å²) >= 11 is 0. The molecule has 330 valence electrons. The molecule has 0 amide bonds. The van der Waals surface area contributed by atoms with Crippen molar-refractivity contribution in [3.63, 3.8) is 0 Å². The molecule has 0 bridgehead atoms. The van der Waals surface area contributed by atoms with E-state index in [4.69, 9.17) is 0 Å². The number of hydrogen-bond acceptors (Lipinski definition) is 1. The Hall–Kier alpha value is -6.85. The summed E-state index contributed by atoms with van der Waals surface area (Å²) in [5.74, 6) is 0. The summed E-state index contributed by atoms with van der Waals surface area (Å²) in [5.41, 5.74) is -16.8. The molecule has 8 aromatic rings. The lowest BCUT2D eigenvalue weighted by Gasteiger charge is -2.24. The van der Waals surface area contributed by atoms with Crippen LogP contribution in [0.5, 0.6) is 0 Å². The number of nitriles is 1. The monoisotopic (exact) mass is 917 g/mol. The molecule has 0 unspecified atom stereocenters. The second kappa shape index (κ2) is 14.1. The number of hydrogen-bond donors (Lipinski definition) is 0. The summed E-state index contributed by atoms with van der Waals surface area (Å²) < 4.78 is 259. The normalized spacial score (nSPS) is 13.5. The molecule has 0 aliphatic heterocycles. The van der Waals surface area contributed by atoms with Crippen LogP contribution in [0.25, 0.3) is 66.1 Å². The zero-order chi connectivity index (χ0) is 46.9. The maximum Gasteiger partial charge on any atom is 0.417 e. The molecular formula is C43H17F18N3. The Morgan fingerprint density at radius 2 is 0.703 bits per heavy atom. The van der Waals surface area contributed by atoms with Crippen molar-refractivity contribution in [2.24, 2.45) is 0 Å². The summed E-state index contributed by atoms with van der Waals surface area (Å²) in [6.45, 7) is 0. The lowest BCUT2D eigenvalue weighted by molar-refractivity contribution is -0.142. The average molecular weight is 918 g/mol. The van der Waals surface area contributed by atoms with Crippen LogP contribution in [0.15, 0.2) is 103 Å². The van der Waals surface area contributed by atoms with Crippen LogP contribution in [0.3, 0.4) is 0 Å². The van der Waals surface area contributed by atoms with E-state index in [0.717, 1.165) is 22.8 Å². The molecule has 2 heterocycles. The first-order valence-corrected chi connectivity index (χ1v) is 17.8. The minimum absolute atomic E-state index is 0.245. The topological polar surface area (TPSA) is 33.6 Å². The molecule has 8 rings (SSSR count). The number of benzene rings is 6. The molecule has 0 N–H and O–H groups in total. The van der Waals surface area contributed by atoms with Crippen molar-refractivity contribution in [2.75, 3.05) is 0 Å². The summed E-state index contributed by atoms with van der Waals surface area (Å²) in [6.07, 6.45) is -31.7. The van der Waals surface area contributed by atoms with Crippen LogP contribution in [0, 0.1) is 11.3 Å². The largest absolute Gasteiger partial charge is 0.417 e. The molecule has 3 nitrogen and oxygen atoms in total. The molecule has 2 aromatic heterocycles. The van der Waals surface area contributed by atoms with E-state index in [2.05, 4.69) is 0 Å². The molecule has 0 saturated heterocycles. The van der Waals surface area contributed by atoms with Gasteiger partial charge in [0.25, 0.3) is 0 Å². The zero-order valence-corrected chi connectivity index (χ0v) is 31.0. The smallest absolute Gasteiger partial charge is 0.308 e. The van der Waals surface area contributed by atoms with Crippen molar-refractivity contribution in [2.45, 2.75) is 37.1 Å². The van der Waals surface area contributed by atoms with Gasteiger partial charge in [-0.05, 0) is 91.0 Å². The first kappa shape index (κ1) is 43.8. The van der Waals surface area contributed by atoms with Crippen molar-refractivity contribution >= 4 is 43.6 Å². The fourth-order valence-electron chi connectivity index (χ4n) is 7.88. The molecule has 0 fully saturated rings. The van der Waals surface area contributed by atoms with Crippen LogP contribution in [-0.2, 0) is 37.1 Å². The predicted octanol–water partition coefficient (Wildman–Crippen LogP) is 15.5. The highest BCUT2D eigenvalue weighted by atomic mass is 19.4. The van der Waals surface area contributed by atoms with Crippen LogP contribution < -0.4 is 0 Å². The molecule has 0 aliphatic carbocycles. The molecule has 64 heavy (non-hydrogen) atoms. The SMILES string of the molecule is N#Cc1c(-n2c3ccc(C(F)(F)F)cc3c3cc(C(F)(F)F)ccc32)ccc(-c2c(C(F)(F)F)cccc2C(F)(F)F)c1-n1c2ccc(C(F)(F)F)cc2c2cc(C(F)(F)F)ccc21. The van der Waals surface area contributed by atoms with Crippen LogP contribution in [0.2, 0.25) is 0 Å². The highest BCUT2D eigenvalue weighted by Gasteiger charge is 2.43. The quantitative estimate of drug-likeness (QED) is 0.163. The Kier molecular flexibility index (Phi) is 9.63. The Labute approximate surface area is 344 Å². The number of halogens is 18. The van der Waals surface area contributed by atoms with E-state index in [-0.39, 0.29) is 23.2 Å². The minimum atomic E-state index is -5.61. The van der Waals surface area contributed by atoms with Gasteiger partial charge in [0.15, 0.2) is 0 Å². The molecule has 0 atom stereocenters. The van der Waals surface area contributed by atoms with Crippen LogP contribution in [0.4, 0.5) is 79.0 Å². The Bertz CT molecular complexity index is 3080. The van der Waals surface area contributed by atoms with Gasteiger partial charge in [-0.15, -0.1) is 0 Å². The highest BCUT2D eigenvalue weighted by Crippen LogP contribution is 2.50. The third kappa shape index (κ3) is 7.17. The third-order valence-electron chi connectivity index (χ3n) is 10.5. The minimum Gasteiger partial charge on any atom is -0.308 e. The Balaban J connectivity index is 1.62. The first-order valence-electron chi connectivity index (χ1n) is 17.8. The van der Waals surface area contributed by atoms with Gasteiger partial charge in [-0.2, -0.15) is 84.3 Å². The lowest BCUT2D eigenvalue weighted by Crippen LogP contribution is -2.16. The van der Waals surface area contributed by atoms with E-state index in [1.54, 1.807) is 6.07 Å². The summed E-state index contributed by atoms with van der Waals surface area (Å²) in [7, 11) is 0. The lowest BCUT2D eigenvalue weighted by atomic mass is 9.90. The number of aromatic nitrogens is 2. The van der Waals surface area contributed by atoms with Gasteiger partial charge in [0.2, 0.25) is 0 Å². The number of rotatable bonds is 3. The van der Waals surface area contributed by atoms with Gasteiger partial charge in [0.05, 0.1) is 66.8 Å². The summed E-state index contributed by atoms with van der Waals surface area (Å²) in [5, 5.41) is 8.61. The van der Waals surface area contributed by atoms with Crippen molar-refractivity contribution in [3.8, 4) is 28.6 Å². The first-order chi connectivity index (χ1) is 29.5. The molecule has 21 heteroatoms. The molecule has 0 saturated carbocycles. The molecular weight excluding hydrogens is 900 g/mol. The fraction of sp³-hybridized carbons (Fsp3) is 0.140. The molecule has 0 radical (unpaired) electrons. The van der Waals surface area contributed by atoms with E-state index in [1.165, 1.54) is 0 Å². The van der Waals surface area contributed by atoms with E-state index < -0.39 is 131 Å². The van der Waals surface area contributed by atoms with Gasteiger partial charge in [-0.25, -0.2) is 0 Å². The maximum atomic E-state index is 14.8. The Morgan fingerprint density at radius 1 is 0.375 bits per heavy atom. The van der Waals surface area contributed by atoms with Crippen molar-refractivity contribution in [3.05, 3.63) is 142 Å². The van der Waals surface area contributed by atoms with E-state index >= 15 is 0 Å². The average Bonchev–Trinajstić information content (AvgIpc) is 3.69. The number of fused-ring (bicyclic) bond motifs is 6. The molecule has 0 spiro atoms. The highest BCUT2D eigenvalue weighted by molar-refractivity contribution is 6.12. The Morgan fingerprint density at radius 3 is 1.00 bits per heavy atom. The number of nitrogens with zero attached hydrogens (tertiary/aromatic N) is 3. The third-order valence-corrected chi connectivity index (χ3v) is 10.5. The van der Waals surface area contributed by atoms with Gasteiger partial charge in [-0.3, -0.25) is 0 Å². The van der Waals surface area contributed by atoms with Crippen LogP contribution in [0.1, 0.15) is 38.9 Å². The summed E-state index contributed by atoms with van der Waals surface area (Å²) in [4.78, 5) is 0. The van der Waals surface area contributed by atoms with Gasteiger partial charge in [0.1, 0.15) is 11.6 Å². The standard InChI is InChI=1S/C43H17F18N3/c44-38(45,46)19-4-9-31-24(14-19)25-15-20(39(47,48)49)5-10-32(25)63(31)35-13-8-23(36-29(42(56,57)58)2-1-3-30(36)43(59,60)61)37(28(35)18-62)64-33-11-6-21(40(50,51)52)16-26(33)27-17-22(41(53,54)55)7-12-34(27)64/h1-17H. The van der Waals surface area contributed by atoms with E-state index in [0.29, 0.717) is 77.4 Å². The van der Waals surface area contributed by atoms with Gasteiger partial charge in [-0.1, -0.05) is 12.1 Å². The van der Waals surface area contributed by atoms with Crippen molar-refractivity contribution in [1.82, 2.24) is 9.13 Å². The fourth-order valence-corrected chi connectivity index (χ4v) is 7.88. The second-order valence-corrected chi connectivity index (χ2v) is 14.3. The van der Waals surface area contributed by atoms with E-state index in [9.17, 15) is 84.3 Å². The number of alkyl halides is 18. The molecule has 6 aromatic carbocycles. The molecule has 0 aliphatic rings.